The largest absolute Gasteiger partial charge is 0.303 e. The maximum Gasteiger partial charge on any atom is 0.130 e. The fourth-order valence-corrected chi connectivity index (χ4v) is 1.16. The Morgan fingerprint density at radius 3 is 2.55 bits per heavy atom. The first-order valence-electron chi connectivity index (χ1n) is 4.13. The lowest BCUT2D eigenvalue weighted by Crippen LogP contribution is -2.04. The van der Waals surface area contributed by atoms with E-state index < -0.39 is 0 Å². The van der Waals surface area contributed by atoms with Crippen molar-refractivity contribution in [3.05, 3.63) is 0 Å². The van der Waals surface area contributed by atoms with Crippen molar-refractivity contribution in [3.63, 3.8) is 0 Å². The van der Waals surface area contributed by atoms with Gasteiger partial charge < -0.3 is 9.59 Å². The van der Waals surface area contributed by atoms with E-state index in [0.717, 1.165) is 19.1 Å². The Bertz CT molecular complexity index is 130. The van der Waals surface area contributed by atoms with Gasteiger partial charge in [0.25, 0.3) is 0 Å². The van der Waals surface area contributed by atoms with Crippen molar-refractivity contribution < 1.29 is 9.59 Å². The molecule has 64 valence electrons. The van der Waals surface area contributed by atoms with Crippen molar-refractivity contribution in [2.24, 2.45) is 5.92 Å². The molecule has 2 nitrogen and oxygen atoms in total. The number of hydrogen-bond acceptors (Lipinski definition) is 2. The van der Waals surface area contributed by atoms with Crippen molar-refractivity contribution in [3.8, 4) is 0 Å². The summed E-state index contributed by atoms with van der Waals surface area (Å²) in [6, 6.07) is 0. The molecular formula is C9H16O2. The molecule has 0 fully saturated rings. The van der Waals surface area contributed by atoms with E-state index in [0.29, 0.717) is 18.8 Å². The Labute approximate surface area is 68.0 Å². The maximum atomic E-state index is 10.7. The lowest BCUT2D eigenvalue weighted by molar-refractivity contribution is -0.118. The molecule has 0 bridgehead atoms. The predicted octanol–water partition coefficient (Wildman–Crippen LogP) is 1.97. The van der Waals surface area contributed by atoms with Crippen molar-refractivity contribution >= 4 is 12.1 Å². The summed E-state index contributed by atoms with van der Waals surface area (Å²) >= 11 is 0. The second-order valence-corrected chi connectivity index (χ2v) is 2.92. The Hall–Kier alpha value is -0.660. The van der Waals surface area contributed by atoms with Crippen molar-refractivity contribution in [2.45, 2.75) is 39.5 Å². The zero-order valence-electron chi connectivity index (χ0n) is 7.30. The maximum absolute atomic E-state index is 10.7. The molecule has 0 radical (unpaired) electrons. The molecule has 0 aliphatic heterocycles. The van der Waals surface area contributed by atoms with E-state index >= 15 is 0 Å². The van der Waals surface area contributed by atoms with Crippen LogP contribution in [0.3, 0.4) is 0 Å². The molecule has 11 heavy (non-hydrogen) atoms. The summed E-state index contributed by atoms with van der Waals surface area (Å²) in [5.74, 6) is 0.639. The summed E-state index contributed by atoms with van der Waals surface area (Å²) in [6.07, 6.45) is 3.99. The number of carbonyl (C=O) groups excluding carboxylic acids is 2. The van der Waals surface area contributed by atoms with E-state index in [4.69, 9.17) is 0 Å². The van der Waals surface area contributed by atoms with Gasteiger partial charge in [-0.15, -0.1) is 0 Å². The molecular weight excluding hydrogens is 140 g/mol. The van der Waals surface area contributed by atoms with Crippen LogP contribution in [0.25, 0.3) is 0 Å². The molecule has 1 atom stereocenters. The molecule has 0 aliphatic carbocycles. The van der Waals surface area contributed by atoms with Gasteiger partial charge in [0.1, 0.15) is 12.1 Å². The highest BCUT2D eigenvalue weighted by Crippen LogP contribution is 2.14. The normalized spacial score (nSPS) is 12.5. The highest BCUT2D eigenvalue weighted by Gasteiger charge is 2.07. The van der Waals surface area contributed by atoms with E-state index in [1.807, 2.05) is 0 Å². The molecule has 0 aromatic carbocycles. The van der Waals surface area contributed by atoms with Crippen LogP contribution in [0.15, 0.2) is 0 Å². The van der Waals surface area contributed by atoms with Crippen molar-refractivity contribution in [2.75, 3.05) is 0 Å². The van der Waals surface area contributed by atoms with Gasteiger partial charge >= 0.3 is 0 Å². The third-order valence-corrected chi connectivity index (χ3v) is 1.85. The number of rotatable bonds is 6. The first-order chi connectivity index (χ1) is 5.20. The molecule has 0 rings (SSSR count). The fraction of sp³-hybridized carbons (Fsp3) is 0.778. The number of ketones is 1. The molecule has 0 aliphatic rings. The van der Waals surface area contributed by atoms with Gasteiger partial charge in [0, 0.05) is 12.8 Å². The molecule has 0 spiro atoms. The van der Waals surface area contributed by atoms with Gasteiger partial charge in [-0.3, -0.25) is 0 Å². The first-order valence-corrected chi connectivity index (χ1v) is 4.13. The van der Waals surface area contributed by atoms with Crippen LogP contribution in [-0.2, 0) is 9.59 Å². The highest BCUT2D eigenvalue weighted by atomic mass is 16.1. The van der Waals surface area contributed by atoms with Crippen LogP contribution < -0.4 is 0 Å². The summed E-state index contributed by atoms with van der Waals surface area (Å²) in [4.78, 5) is 20.7. The second kappa shape index (κ2) is 6.08. The second-order valence-electron chi connectivity index (χ2n) is 2.92. The summed E-state index contributed by atoms with van der Waals surface area (Å²) in [5.41, 5.74) is 0. The molecule has 0 N–H and O–H groups in total. The highest BCUT2D eigenvalue weighted by molar-refractivity contribution is 5.75. The van der Waals surface area contributed by atoms with Gasteiger partial charge in [-0.1, -0.05) is 13.3 Å². The van der Waals surface area contributed by atoms with Gasteiger partial charge in [0.05, 0.1) is 0 Å². The molecule has 0 aromatic heterocycles. The summed E-state index contributed by atoms with van der Waals surface area (Å²) in [6.45, 7) is 3.65. The van der Waals surface area contributed by atoms with Crippen LogP contribution in [0.4, 0.5) is 0 Å². The minimum absolute atomic E-state index is 0.225. The summed E-state index contributed by atoms with van der Waals surface area (Å²) in [7, 11) is 0. The lowest BCUT2D eigenvalue weighted by atomic mass is 9.95. The molecule has 1 unspecified atom stereocenters. The average Bonchev–Trinajstić information content (AvgIpc) is 1.97. The summed E-state index contributed by atoms with van der Waals surface area (Å²) < 4.78 is 0. The zero-order chi connectivity index (χ0) is 8.69. The van der Waals surface area contributed by atoms with Crippen LogP contribution in [-0.4, -0.2) is 12.1 Å². The fourth-order valence-electron chi connectivity index (χ4n) is 1.16. The molecule has 0 aromatic rings. The van der Waals surface area contributed by atoms with Crippen molar-refractivity contribution in [1.29, 1.82) is 0 Å². The molecule has 2 heteroatoms. The van der Waals surface area contributed by atoms with Gasteiger partial charge in [0.15, 0.2) is 0 Å². The number of aldehydes is 1. The molecule has 0 heterocycles. The standard InChI is InChI=1S/C9H16O2/c1-3-9(5-4-6-10)7-8(2)11/h6,9H,3-5,7H2,1-2H3. The molecule has 0 saturated carbocycles. The quantitative estimate of drug-likeness (QED) is 0.551. The van der Waals surface area contributed by atoms with E-state index in [1.54, 1.807) is 6.92 Å². The Balaban J connectivity index is 3.57. The van der Waals surface area contributed by atoms with E-state index in [-0.39, 0.29) is 5.78 Å². The monoisotopic (exact) mass is 156 g/mol. The Morgan fingerprint density at radius 2 is 2.18 bits per heavy atom. The van der Waals surface area contributed by atoms with Gasteiger partial charge in [-0.25, -0.2) is 0 Å². The van der Waals surface area contributed by atoms with Gasteiger partial charge in [-0.2, -0.15) is 0 Å². The molecule has 0 amide bonds. The smallest absolute Gasteiger partial charge is 0.130 e. The van der Waals surface area contributed by atoms with Crippen LogP contribution in [0.2, 0.25) is 0 Å². The predicted molar refractivity (Wildman–Crippen MR) is 44.4 cm³/mol. The van der Waals surface area contributed by atoms with Crippen LogP contribution in [0.1, 0.15) is 39.5 Å². The van der Waals surface area contributed by atoms with Crippen LogP contribution >= 0.6 is 0 Å². The van der Waals surface area contributed by atoms with Crippen LogP contribution in [0.5, 0.6) is 0 Å². The lowest BCUT2D eigenvalue weighted by Gasteiger charge is -2.09. The van der Waals surface area contributed by atoms with E-state index in [1.165, 1.54) is 0 Å². The minimum Gasteiger partial charge on any atom is -0.303 e. The number of carbonyl (C=O) groups is 2. The number of hydrogen-bond donors (Lipinski definition) is 0. The van der Waals surface area contributed by atoms with E-state index in [2.05, 4.69) is 6.92 Å². The van der Waals surface area contributed by atoms with Gasteiger partial charge in [-0.05, 0) is 19.3 Å². The Kier molecular flexibility index (Phi) is 5.71. The topological polar surface area (TPSA) is 34.1 Å². The average molecular weight is 156 g/mol. The summed E-state index contributed by atoms with van der Waals surface area (Å²) in [5, 5.41) is 0. The Morgan fingerprint density at radius 1 is 1.55 bits per heavy atom. The zero-order valence-corrected chi connectivity index (χ0v) is 7.30. The first kappa shape index (κ1) is 10.3. The SMILES string of the molecule is CCC(CCC=O)CC(C)=O. The minimum atomic E-state index is 0.225. The third kappa shape index (κ3) is 5.77. The van der Waals surface area contributed by atoms with Gasteiger partial charge in [0.2, 0.25) is 0 Å². The third-order valence-electron chi connectivity index (χ3n) is 1.85. The van der Waals surface area contributed by atoms with Crippen molar-refractivity contribution in [1.82, 2.24) is 0 Å². The number of Topliss-reactive ketones (excluding diaryl/α,β-unsaturated/α-hetero) is 1. The molecule has 0 saturated heterocycles. The van der Waals surface area contributed by atoms with Crippen LogP contribution in [0, 0.1) is 5.92 Å². The van der Waals surface area contributed by atoms with E-state index in [9.17, 15) is 9.59 Å².